The molecule has 1 atom stereocenters. The first kappa shape index (κ1) is 15.0. The molecule has 0 radical (unpaired) electrons. The molecule has 0 saturated heterocycles. The van der Waals surface area contributed by atoms with E-state index in [1.165, 1.54) is 0 Å². The number of hydrogen-bond acceptors (Lipinski definition) is 6. The van der Waals surface area contributed by atoms with Gasteiger partial charge in [0, 0.05) is 29.4 Å². The van der Waals surface area contributed by atoms with Gasteiger partial charge in [-0.25, -0.2) is 25.0 Å². The van der Waals surface area contributed by atoms with Crippen LogP contribution >= 0.6 is 0 Å². The highest BCUT2D eigenvalue weighted by Gasteiger charge is 2.29. The van der Waals surface area contributed by atoms with Gasteiger partial charge in [0.1, 0.15) is 0 Å². The minimum Gasteiger partial charge on any atom is -0.291 e. The number of hydrazine groups is 1. The van der Waals surface area contributed by atoms with E-state index in [0.29, 0.717) is 11.7 Å². The van der Waals surface area contributed by atoms with Gasteiger partial charge in [-0.2, -0.15) is 5.43 Å². The van der Waals surface area contributed by atoms with Gasteiger partial charge in [0.15, 0.2) is 6.17 Å². The molecule has 0 aliphatic carbocycles. The number of hydrogen-bond donors (Lipinski definition) is 1. The quantitative estimate of drug-likeness (QED) is 0.777. The van der Waals surface area contributed by atoms with Crippen LogP contribution in [0.5, 0.6) is 0 Å². The number of aliphatic imine (C=N–C) groups is 2. The normalized spacial score (nSPS) is 19.2. The maximum absolute atomic E-state index is 4.69. The van der Waals surface area contributed by atoms with E-state index >= 15 is 0 Å². The van der Waals surface area contributed by atoms with Gasteiger partial charge in [0.25, 0.3) is 0 Å². The number of aromatic nitrogens is 3. The van der Waals surface area contributed by atoms with Gasteiger partial charge >= 0.3 is 0 Å². The second-order valence-corrected chi connectivity index (χ2v) is 6.39. The number of guanidine groups is 1. The fourth-order valence-electron chi connectivity index (χ4n) is 3.20. The lowest BCUT2D eigenvalue weighted by atomic mass is 10.2. The summed E-state index contributed by atoms with van der Waals surface area (Å²) in [6.07, 6.45) is 5.70. The largest absolute Gasteiger partial charge is 0.291 e. The number of imidazole rings is 1. The van der Waals surface area contributed by atoms with E-state index in [1.807, 2.05) is 78.1 Å². The summed E-state index contributed by atoms with van der Waals surface area (Å²) in [6.45, 7) is 4.00. The molecule has 5 rings (SSSR count). The van der Waals surface area contributed by atoms with Crippen molar-refractivity contribution in [2.75, 3.05) is 0 Å². The molecule has 0 spiro atoms. The number of fused-ring (bicyclic) bond motifs is 2. The molecule has 2 aliphatic heterocycles. The van der Waals surface area contributed by atoms with Gasteiger partial charge in [-0.15, -0.1) is 0 Å². The number of rotatable bonds is 2. The molecular formula is C19H17N7. The van der Waals surface area contributed by atoms with Crippen molar-refractivity contribution in [2.45, 2.75) is 20.0 Å². The van der Waals surface area contributed by atoms with E-state index < -0.39 is 0 Å². The summed E-state index contributed by atoms with van der Waals surface area (Å²) in [7, 11) is 0. The Kier molecular flexibility index (Phi) is 3.23. The third-order valence-corrected chi connectivity index (χ3v) is 4.44. The number of nitrogens with one attached hydrogen (secondary N) is 1. The summed E-state index contributed by atoms with van der Waals surface area (Å²) in [6, 6.07) is 12.0. The second kappa shape index (κ2) is 5.60. The van der Waals surface area contributed by atoms with Crippen molar-refractivity contribution in [2.24, 2.45) is 9.98 Å². The van der Waals surface area contributed by atoms with Gasteiger partial charge in [-0.1, -0.05) is 30.3 Å². The number of nitrogens with zero attached hydrogens (tertiary/aromatic N) is 6. The highest BCUT2D eigenvalue weighted by atomic mass is 15.6. The zero-order chi connectivity index (χ0) is 17.7. The molecule has 2 aliphatic rings. The molecule has 7 heteroatoms. The monoisotopic (exact) mass is 343 g/mol. The minimum absolute atomic E-state index is 0.273. The molecule has 3 aromatic rings. The molecule has 1 aromatic carbocycles. The Bertz CT molecular complexity index is 1090. The molecule has 2 aromatic heterocycles. The average molecular weight is 343 g/mol. The minimum atomic E-state index is -0.273. The van der Waals surface area contributed by atoms with Gasteiger partial charge in [0.05, 0.1) is 11.4 Å². The van der Waals surface area contributed by atoms with Gasteiger partial charge < -0.3 is 0 Å². The summed E-state index contributed by atoms with van der Waals surface area (Å²) in [5.41, 5.74) is 8.13. The lowest BCUT2D eigenvalue weighted by molar-refractivity contribution is 0.355. The van der Waals surface area contributed by atoms with Crippen LogP contribution in [-0.4, -0.2) is 31.0 Å². The van der Waals surface area contributed by atoms with E-state index in [9.17, 15) is 0 Å². The third-order valence-electron chi connectivity index (χ3n) is 4.44. The van der Waals surface area contributed by atoms with Crippen LogP contribution in [0.2, 0.25) is 0 Å². The standard InChI is InChI=1S/C19H17N7/c1-12-10-13(2)26-19(20-12)23-17(24-26)15-8-9-25-11-16(22-18(25)21-15)14-6-4-3-5-7-14/h3-11,17,24H,1-2H3. The Morgan fingerprint density at radius 3 is 2.73 bits per heavy atom. The summed E-state index contributed by atoms with van der Waals surface area (Å²) in [5.74, 6) is 1.32. The van der Waals surface area contributed by atoms with Gasteiger partial charge in [0.2, 0.25) is 11.7 Å². The maximum Gasteiger partial charge on any atom is 0.242 e. The summed E-state index contributed by atoms with van der Waals surface area (Å²) >= 11 is 0. The maximum atomic E-state index is 4.69. The van der Waals surface area contributed by atoms with Crippen molar-refractivity contribution in [3.8, 4) is 11.3 Å². The van der Waals surface area contributed by atoms with Crippen molar-refractivity contribution in [3.63, 3.8) is 0 Å². The molecule has 0 amide bonds. The van der Waals surface area contributed by atoms with Crippen LogP contribution in [0.15, 0.2) is 70.5 Å². The highest BCUT2D eigenvalue weighted by molar-refractivity contribution is 6.05. The van der Waals surface area contributed by atoms with Crippen LogP contribution in [0.4, 0.5) is 0 Å². The predicted octanol–water partition coefficient (Wildman–Crippen LogP) is 2.95. The average Bonchev–Trinajstić information content (AvgIpc) is 3.25. The Balaban J connectivity index is 1.50. The molecule has 1 N–H and O–H groups in total. The number of benzene rings is 1. The van der Waals surface area contributed by atoms with Crippen molar-refractivity contribution in [1.29, 1.82) is 0 Å². The van der Waals surface area contributed by atoms with Crippen LogP contribution < -0.4 is 5.43 Å². The highest BCUT2D eigenvalue weighted by Crippen LogP contribution is 2.25. The molecule has 128 valence electrons. The smallest absolute Gasteiger partial charge is 0.242 e. The molecule has 0 bridgehead atoms. The fourth-order valence-corrected chi connectivity index (χ4v) is 3.20. The van der Waals surface area contributed by atoms with Crippen LogP contribution in [0.3, 0.4) is 0 Å². The predicted molar refractivity (Wildman–Crippen MR) is 100 cm³/mol. The molecule has 0 saturated carbocycles. The van der Waals surface area contributed by atoms with Gasteiger partial charge in [-0.05, 0) is 26.0 Å². The van der Waals surface area contributed by atoms with E-state index in [-0.39, 0.29) is 6.17 Å². The third kappa shape index (κ3) is 2.41. The first-order chi connectivity index (χ1) is 12.7. The van der Waals surface area contributed by atoms with Crippen molar-refractivity contribution in [3.05, 3.63) is 66.3 Å². The first-order valence-electron chi connectivity index (χ1n) is 8.46. The van der Waals surface area contributed by atoms with Gasteiger partial charge in [-0.3, -0.25) is 4.40 Å². The van der Waals surface area contributed by atoms with Crippen molar-refractivity contribution < 1.29 is 0 Å². The van der Waals surface area contributed by atoms with Crippen molar-refractivity contribution >= 4 is 17.4 Å². The van der Waals surface area contributed by atoms with E-state index in [0.717, 1.165) is 28.4 Å². The zero-order valence-electron chi connectivity index (χ0n) is 14.5. The van der Waals surface area contributed by atoms with E-state index in [2.05, 4.69) is 20.4 Å². The molecule has 1 unspecified atom stereocenters. The molecule has 4 heterocycles. The van der Waals surface area contributed by atoms with Crippen LogP contribution in [-0.2, 0) is 0 Å². The van der Waals surface area contributed by atoms with E-state index in [1.54, 1.807) is 0 Å². The lowest BCUT2D eigenvalue weighted by Gasteiger charge is -2.22. The SMILES string of the molecule is CC1=CC(C)=NC2=NC(c3ccn4cc(-c5ccccc5)nc4n3)NN12. The summed E-state index contributed by atoms with van der Waals surface area (Å²) < 4.78 is 1.93. The van der Waals surface area contributed by atoms with Crippen molar-refractivity contribution in [1.82, 2.24) is 24.8 Å². The van der Waals surface area contributed by atoms with E-state index in [4.69, 9.17) is 4.98 Å². The zero-order valence-corrected chi connectivity index (χ0v) is 14.5. The molecule has 0 fully saturated rings. The first-order valence-corrected chi connectivity index (χ1v) is 8.46. The molecular weight excluding hydrogens is 326 g/mol. The Morgan fingerprint density at radius 1 is 1.04 bits per heavy atom. The Hall–Kier alpha value is -3.32. The lowest BCUT2D eigenvalue weighted by Crippen LogP contribution is -2.38. The van der Waals surface area contributed by atoms with Crippen LogP contribution in [0.1, 0.15) is 25.7 Å². The second-order valence-electron chi connectivity index (χ2n) is 6.39. The summed E-state index contributed by atoms with van der Waals surface area (Å²) in [5, 5.41) is 1.89. The Morgan fingerprint density at radius 2 is 1.88 bits per heavy atom. The Labute approximate surface area is 150 Å². The number of allylic oxidation sites excluding steroid dienone is 2. The van der Waals surface area contributed by atoms with Crippen LogP contribution in [0, 0.1) is 0 Å². The molecule has 26 heavy (non-hydrogen) atoms. The molecule has 7 nitrogen and oxygen atoms in total. The fraction of sp³-hybridized carbons (Fsp3) is 0.158. The summed E-state index contributed by atoms with van der Waals surface area (Å²) in [4.78, 5) is 18.5. The topological polar surface area (TPSA) is 70.2 Å². The van der Waals surface area contributed by atoms with Crippen LogP contribution in [0.25, 0.3) is 17.0 Å².